The van der Waals surface area contributed by atoms with Crippen molar-refractivity contribution in [2.45, 2.75) is 52.0 Å². The lowest BCUT2D eigenvalue weighted by atomic mass is 9.97. The lowest BCUT2D eigenvalue weighted by molar-refractivity contribution is 0.0669. The molecule has 4 rings (SSSR count). The summed E-state index contributed by atoms with van der Waals surface area (Å²) in [6.45, 7) is 7.46. The summed E-state index contributed by atoms with van der Waals surface area (Å²) < 4.78 is 12.9. The van der Waals surface area contributed by atoms with Gasteiger partial charge in [0.1, 0.15) is 0 Å². The Balaban J connectivity index is 1.56. The lowest BCUT2D eigenvalue weighted by Crippen LogP contribution is -2.32. The first kappa shape index (κ1) is 19.1. The van der Waals surface area contributed by atoms with Crippen LogP contribution in [-0.2, 0) is 35.6 Å². The van der Waals surface area contributed by atoms with Gasteiger partial charge in [-0.2, -0.15) is 0 Å². The lowest BCUT2D eigenvalue weighted by Gasteiger charge is -2.28. The van der Waals surface area contributed by atoms with Crippen molar-refractivity contribution in [2.75, 3.05) is 19.8 Å². The Bertz CT molecular complexity index is 786. The van der Waals surface area contributed by atoms with Gasteiger partial charge in [-0.05, 0) is 60.1 Å². The number of aryl methyl sites for hydroxylation is 1. The zero-order valence-corrected chi connectivity index (χ0v) is 17.6. The van der Waals surface area contributed by atoms with Crippen LogP contribution in [0.5, 0.6) is 0 Å². The van der Waals surface area contributed by atoms with Crippen LogP contribution in [0.4, 0.5) is 0 Å². The third-order valence-electron chi connectivity index (χ3n) is 5.61. The summed E-state index contributed by atoms with van der Waals surface area (Å²) in [7, 11) is 0. The van der Waals surface area contributed by atoms with Crippen molar-refractivity contribution in [3.05, 3.63) is 68.7 Å². The predicted octanol–water partition coefficient (Wildman–Crippen LogP) is 5.01. The molecule has 4 heteroatoms. The van der Waals surface area contributed by atoms with Gasteiger partial charge in [-0.1, -0.05) is 46.3 Å². The van der Waals surface area contributed by atoms with Crippen molar-refractivity contribution in [2.24, 2.45) is 0 Å². The molecule has 0 N–H and O–H groups in total. The minimum Gasteiger partial charge on any atom is -0.377 e. The van der Waals surface area contributed by atoms with Gasteiger partial charge < -0.3 is 9.47 Å². The summed E-state index contributed by atoms with van der Waals surface area (Å²) in [6, 6.07) is 13.4. The van der Waals surface area contributed by atoms with Gasteiger partial charge in [0.05, 0.1) is 19.3 Å². The largest absolute Gasteiger partial charge is 0.377 e. The molecule has 1 saturated heterocycles. The molecule has 2 heterocycles. The zero-order valence-electron chi connectivity index (χ0n) is 16.0. The van der Waals surface area contributed by atoms with Gasteiger partial charge in [0.25, 0.3) is 0 Å². The van der Waals surface area contributed by atoms with Gasteiger partial charge in [0.2, 0.25) is 0 Å². The molecule has 3 nitrogen and oxygen atoms in total. The molecule has 2 aromatic carbocycles. The molecule has 2 aromatic rings. The summed E-state index contributed by atoms with van der Waals surface area (Å²) in [5, 5.41) is 0. The molecule has 0 saturated carbocycles. The summed E-state index contributed by atoms with van der Waals surface area (Å²) in [5.41, 5.74) is 6.86. The van der Waals surface area contributed by atoms with E-state index in [-0.39, 0.29) is 0 Å². The number of hydrogen-bond acceptors (Lipinski definition) is 3. The van der Waals surface area contributed by atoms with Crippen LogP contribution < -0.4 is 0 Å². The fraction of sp³-hybridized carbons (Fsp3) is 0.478. The van der Waals surface area contributed by atoms with Crippen molar-refractivity contribution in [3.8, 4) is 0 Å². The highest BCUT2D eigenvalue weighted by molar-refractivity contribution is 9.10. The van der Waals surface area contributed by atoms with Crippen LogP contribution in [0.3, 0.4) is 0 Å². The molecule has 0 aliphatic carbocycles. The summed E-state index contributed by atoms with van der Waals surface area (Å²) in [4.78, 5) is 2.54. The van der Waals surface area contributed by atoms with Gasteiger partial charge in [-0.25, -0.2) is 0 Å². The molecule has 1 unspecified atom stereocenters. The van der Waals surface area contributed by atoms with E-state index in [1.165, 1.54) is 45.1 Å². The second-order valence-corrected chi connectivity index (χ2v) is 8.61. The van der Waals surface area contributed by atoms with E-state index in [4.69, 9.17) is 9.47 Å². The third kappa shape index (κ3) is 4.80. The number of fused-ring (bicyclic) bond motifs is 1. The molecule has 0 radical (unpaired) electrons. The van der Waals surface area contributed by atoms with Crippen LogP contribution in [0.1, 0.15) is 40.7 Å². The first-order valence-electron chi connectivity index (χ1n) is 9.95. The number of nitrogens with zero attached hydrogens (tertiary/aromatic N) is 1. The number of ether oxygens (including phenoxy) is 2. The molecule has 0 aromatic heterocycles. The highest BCUT2D eigenvalue weighted by Crippen LogP contribution is 2.26. The Morgan fingerprint density at radius 1 is 1.11 bits per heavy atom. The van der Waals surface area contributed by atoms with Crippen LogP contribution in [0, 0.1) is 6.92 Å². The van der Waals surface area contributed by atoms with Crippen LogP contribution in [0.2, 0.25) is 0 Å². The summed E-state index contributed by atoms with van der Waals surface area (Å²) in [5.74, 6) is 0. The normalized spacial score (nSPS) is 19.4. The van der Waals surface area contributed by atoms with Crippen molar-refractivity contribution in [3.63, 3.8) is 0 Å². The monoisotopic (exact) mass is 429 g/mol. The summed E-state index contributed by atoms with van der Waals surface area (Å²) in [6.07, 6.45) is 3.73. The maximum atomic E-state index is 5.94. The van der Waals surface area contributed by atoms with E-state index in [1.54, 1.807) is 0 Å². The maximum Gasteiger partial charge on any atom is 0.0722 e. The molecular weight excluding hydrogens is 402 g/mol. The van der Waals surface area contributed by atoms with Gasteiger partial charge in [-0.15, -0.1) is 0 Å². The van der Waals surface area contributed by atoms with Crippen molar-refractivity contribution >= 4 is 15.9 Å². The van der Waals surface area contributed by atoms with E-state index in [2.05, 4.69) is 64.2 Å². The standard InChI is InChI=1S/C23H28BrNO2/c1-17-7-8-20(23(24)12-17)14-25(15-21-6-3-10-27-21)13-19-5-2-4-18-9-11-26-16-22(18)19/h2,4-5,7-8,12,21H,3,6,9-11,13-16H2,1H3. The van der Waals surface area contributed by atoms with Crippen LogP contribution in [0.25, 0.3) is 0 Å². The van der Waals surface area contributed by atoms with Gasteiger partial charge in [0.15, 0.2) is 0 Å². The fourth-order valence-electron chi connectivity index (χ4n) is 4.14. The van der Waals surface area contributed by atoms with Crippen LogP contribution >= 0.6 is 15.9 Å². The molecule has 1 fully saturated rings. The van der Waals surface area contributed by atoms with E-state index in [1.807, 2.05) is 0 Å². The van der Waals surface area contributed by atoms with E-state index in [0.29, 0.717) is 6.10 Å². The Hall–Kier alpha value is -1.20. The Kier molecular flexibility index (Phi) is 6.28. The molecule has 1 atom stereocenters. The minimum atomic E-state index is 0.352. The fourth-order valence-corrected chi connectivity index (χ4v) is 4.75. The van der Waals surface area contributed by atoms with Gasteiger partial charge in [0, 0.05) is 30.7 Å². The van der Waals surface area contributed by atoms with E-state index in [9.17, 15) is 0 Å². The first-order valence-corrected chi connectivity index (χ1v) is 10.7. The molecule has 2 aliphatic rings. The molecule has 0 amide bonds. The highest BCUT2D eigenvalue weighted by atomic mass is 79.9. The van der Waals surface area contributed by atoms with E-state index >= 15 is 0 Å². The number of halogens is 1. The van der Waals surface area contributed by atoms with E-state index in [0.717, 1.165) is 45.9 Å². The van der Waals surface area contributed by atoms with E-state index < -0.39 is 0 Å². The van der Waals surface area contributed by atoms with Gasteiger partial charge >= 0.3 is 0 Å². The number of benzene rings is 2. The average molecular weight is 430 g/mol. The second kappa shape index (κ2) is 8.87. The van der Waals surface area contributed by atoms with Crippen LogP contribution in [0.15, 0.2) is 40.9 Å². The Morgan fingerprint density at radius 2 is 2.00 bits per heavy atom. The molecule has 2 aliphatic heterocycles. The average Bonchev–Trinajstić information content (AvgIpc) is 3.17. The van der Waals surface area contributed by atoms with Gasteiger partial charge in [-0.3, -0.25) is 4.90 Å². The molecule has 27 heavy (non-hydrogen) atoms. The molecular formula is C23H28BrNO2. The number of hydrogen-bond donors (Lipinski definition) is 0. The molecule has 0 spiro atoms. The zero-order chi connectivity index (χ0) is 18.6. The third-order valence-corrected chi connectivity index (χ3v) is 6.35. The van der Waals surface area contributed by atoms with Crippen molar-refractivity contribution in [1.82, 2.24) is 4.90 Å². The molecule has 144 valence electrons. The SMILES string of the molecule is Cc1ccc(CN(Cc2cccc3c2COCC3)CC2CCCO2)c(Br)c1. The predicted molar refractivity (Wildman–Crippen MR) is 112 cm³/mol. The quantitative estimate of drug-likeness (QED) is 0.643. The Morgan fingerprint density at radius 3 is 2.81 bits per heavy atom. The molecule has 0 bridgehead atoms. The Labute approximate surface area is 170 Å². The maximum absolute atomic E-state index is 5.94. The van der Waals surface area contributed by atoms with Crippen LogP contribution in [-0.4, -0.2) is 30.8 Å². The second-order valence-electron chi connectivity index (χ2n) is 7.76. The topological polar surface area (TPSA) is 21.7 Å². The smallest absolute Gasteiger partial charge is 0.0722 e. The first-order chi connectivity index (χ1) is 13.2. The van der Waals surface area contributed by atoms with Crippen molar-refractivity contribution < 1.29 is 9.47 Å². The summed E-state index contributed by atoms with van der Waals surface area (Å²) >= 11 is 3.76. The minimum absolute atomic E-state index is 0.352. The van der Waals surface area contributed by atoms with Crippen molar-refractivity contribution in [1.29, 1.82) is 0 Å². The number of rotatable bonds is 6. The highest BCUT2D eigenvalue weighted by Gasteiger charge is 2.22.